The summed E-state index contributed by atoms with van der Waals surface area (Å²) in [5.41, 5.74) is 0. The highest BCUT2D eigenvalue weighted by atomic mass is 127. The first-order valence-corrected chi connectivity index (χ1v) is 2.76. The number of tetrazole rings is 1. The fourth-order valence-electron chi connectivity index (χ4n) is 0.240. The van der Waals surface area contributed by atoms with Crippen LogP contribution in [0.25, 0.3) is 0 Å². The van der Waals surface area contributed by atoms with Crippen molar-refractivity contribution in [2.45, 2.75) is 0 Å². The van der Waals surface area contributed by atoms with E-state index in [0.717, 1.165) is 4.80 Å². The molecule has 0 saturated carbocycles. The highest BCUT2D eigenvalue weighted by Gasteiger charge is 1.92. The zero-order valence-corrected chi connectivity index (χ0v) is 5.77. The fourth-order valence-corrected chi connectivity index (χ4v) is 0.541. The van der Waals surface area contributed by atoms with Gasteiger partial charge in [0.05, 0.1) is 0 Å². The molecule has 1 aromatic heterocycles. The third kappa shape index (κ3) is 0.919. The van der Waals surface area contributed by atoms with Crippen LogP contribution in [0, 0.1) is 15.3 Å². The summed E-state index contributed by atoms with van der Waals surface area (Å²) in [5.74, 6) is 0. The second-order valence-corrected chi connectivity index (χ2v) is 1.91. The molecular weight excluding hydrogens is 221 g/mol. The van der Waals surface area contributed by atoms with Gasteiger partial charge in [-0.2, -0.15) is 5.26 Å². The van der Waals surface area contributed by atoms with Crippen molar-refractivity contribution in [1.29, 1.82) is 5.26 Å². The molecule has 5 nitrogen and oxygen atoms in total. The zero-order valence-electron chi connectivity index (χ0n) is 3.61. The lowest BCUT2D eigenvalue weighted by molar-refractivity contribution is 0.733. The Morgan fingerprint density at radius 3 is 2.75 bits per heavy atom. The van der Waals surface area contributed by atoms with Gasteiger partial charge in [-0.3, -0.25) is 0 Å². The van der Waals surface area contributed by atoms with E-state index < -0.39 is 0 Å². The first kappa shape index (κ1) is 5.43. The summed E-state index contributed by atoms with van der Waals surface area (Å²) in [6.07, 6.45) is 1.67. The van der Waals surface area contributed by atoms with Gasteiger partial charge < -0.3 is 0 Å². The molecule has 0 saturated heterocycles. The third-order valence-electron chi connectivity index (χ3n) is 0.479. The Morgan fingerprint density at radius 1 is 1.75 bits per heavy atom. The number of halogens is 1. The minimum Gasteiger partial charge on any atom is -0.169 e. The first-order chi connectivity index (χ1) is 3.83. The van der Waals surface area contributed by atoms with Gasteiger partial charge in [0.15, 0.2) is 0 Å². The summed E-state index contributed by atoms with van der Waals surface area (Å²) in [4.78, 5) is 0.849. The number of nitrogens with zero attached hydrogens (tertiary/aromatic N) is 5. The molecule has 0 atom stereocenters. The molecule has 40 valence electrons. The Bertz CT molecular complexity index is 221. The van der Waals surface area contributed by atoms with Gasteiger partial charge >= 0.3 is 0 Å². The molecule has 0 fully saturated rings. The summed E-state index contributed by atoms with van der Waals surface area (Å²) in [7, 11) is 0. The molecule has 6 heteroatoms. The summed E-state index contributed by atoms with van der Waals surface area (Å²) in [5, 5.41) is 18.4. The van der Waals surface area contributed by atoms with Crippen LogP contribution in [0.1, 0.15) is 0 Å². The highest BCUT2D eigenvalue weighted by molar-refractivity contribution is 14.1. The molecule has 1 aromatic rings. The Balaban J connectivity index is 3.05. The van der Waals surface area contributed by atoms with E-state index in [9.17, 15) is 0 Å². The smallest absolute Gasteiger partial charge is 0.169 e. The Kier molecular flexibility index (Phi) is 1.38. The fraction of sp³-hybridized carbons (Fsp3) is 0. The van der Waals surface area contributed by atoms with E-state index in [0.29, 0.717) is 3.83 Å². The van der Waals surface area contributed by atoms with Gasteiger partial charge in [0.2, 0.25) is 10.0 Å². The topological polar surface area (TPSA) is 67.4 Å². The van der Waals surface area contributed by atoms with E-state index in [1.165, 1.54) is 0 Å². The summed E-state index contributed by atoms with van der Waals surface area (Å²) in [6, 6.07) is 0. The number of nitriles is 1. The normalized spacial score (nSPS) is 8.50. The second kappa shape index (κ2) is 2.04. The second-order valence-electron chi connectivity index (χ2n) is 0.948. The average Bonchev–Trinajstić information content (AvgIpc) is 2.14. The van der Waals surface area contributed by atoms with Crippen molar-refractivity contribution in [1.82, 2.24) is 20.2 Å². The number of hydrogen-bond donors (Lipinski definition) is 0. The van der Waals surface area contributed by atoms with Gasteiger partial charge in [-0.15, -0.1) is 10.2 Å². The molecule has 1 heterocycles. The van der Waals surface area contributed by atoms with Crippen LogP contribution in [0.4, 0.5) is 0 Å². The van der Waals surface area contributed by atoms with Crippen molar-refractivity contribution in [2.75, 3.05) is 0 Å². The van der Waals surface area contributed by atoms with Crippen LogP contribution < -0.4 is 0 Å². The molecule has 0 unspecified atom stereocenters. The van der Waals surface area contributed by atoms with Gasteiger partial charge in [0.1, 0.15) is 0 Å². The number of hydrogen-bond acceptors (Lipinski definition) is 4. The summed E-state index contributed by atoms with van der Waals surface area (Å²) in [6.45, 7) is 0. The third-order valence-corrected chi connectivity index (χ3v) is 0.910. The maximum absolute atomic E-state index is 8.10. The maximum Gasteiger partial charge on any atom is 0.235 e. The Hall–Kier alpha value is -0.710. The van der Waals surface area contributed by atoms with Gasteiger partial charge in [-0.1, -0.05) is 4.80 Å². The average molecular weight is 221 g/mol. The molecule has 0 aromatic carbocycles. The van der Waals surface area contributed by atoms with Crippen molar-refractivity contribution in [3.8, 4) is 6.19 Å². The lowest BCUT2D eigenvalue weighted by Gasteiger charge is -1.68. The molecule has 0 aliphatic carbocycles. The van der Waals surface area contributed by atoms with Gasteiger partial charge in [0.25, 0.3) is 0 Å². The lowest BCUT2D eigenvalue weighted by atomic mass is 11.4. The summed E-state index contributed by atoms with van der Waals surface area (Å²) >= 11 is 1.87. The van der Waals surface area contributed by atoms with E-state index in [2.05, 4.69) is 15.4 Å². The van der Waals surface area contributed by atoms with E-state index in [-0.39, 0.29) is 0 Å². The van der Waals surface area contributed by atoms with Crippen LogP contribution in [0.2, 0.25) is 0 Å². The highest BCUT2D eigenvalue weighted by Crippen LogP contribution is 1.87. The molecule has 0 radical (unpaired) electrons. The van der Waals surface area contributed by atoms with Gasteiger partial charge in [-0.25, -0.2) is 0 Å². The van der Waals surface area contributed by atoms with Crippen molar-refractivity contribution in [3.63, 3.8) is 0 Å². The van der Waals surface area contributed by atoms with Crippen LogP contribution in [0.3, 0.4) is 0 Å². The van der Waals surface area contributed by atoms with Crippen LogP contribution in [-0.4, -0.2) is 20.2 Å². The SMILES string of the molecule is N#Cn1nnc(I)n1. The summed E-state index contributed by atoms with van der Waals surface area (Å²) < 4.78 is 0.476. The zero-order chi connectivity index (χ0) is 5.98. The predicted octanol–water partition coefficient (Wildman–Crippen LogP) is -0.393. The van der Waals surface area contributed by atoms with E-state index in [1.54, 1.807) is 6.19 Å². The molecule has 8 heavy (non-hydrogen) atoms. The van der Waals surface area contributed by atoms with Crippen LogP contribution >= 0.6 is 22.6 Å². The lowest BCUT2D eigenvalue weighted by Crippen LogP contribution is -1.91. The van der Waals surface area contributed by atoms with E-state index >= 15 is 0 Å². The molecule has 0 aliphatic rings. The van der Waals surface area contributed by atoms with Gasteiger partial charge in [0, 0.05) is 22.6 Å². The number of aromatic nitrogens is 4. The van der Waals surface area contributed by atoms with Gasteiger partial charge in [-0.05, 0) is 5.21 Å². The van der Waals surface area contributed by atoms with Crippen molar-refractivity contribution >= 4 is 22.6 Å². The molecule has 0 spiro atoms. The van der Waals surface area contributed by atoms with Crippen molar-refractivity contribution in [3.05, 3.63) is 3.83 Å². The number of rotatable bonds is 0. The molecule has 0 aliphatic heterocycles. The van der Waals surface area contributed by atoms with E-state index in [1.807, 2.05) is 22.6 Å². The van der Waals surface area contributed by atoms with Crippen LogP contribution in [0.15, 0.2) is 0 Å². The molecule has 0 N–H and O–H groups in total. The molecule has 0 bridgehead atoms. The largest absolute Gasteiger partial charge is 0.235 e. The Morgan fingerprint density at radius 2 is 2.50 bits per heavy atom. The first-order valence-electron chi connectivity index (χ1n) is 1.68. The van der Waals surface area contributed by atoms with Crippen molar-refractivity contribution < 1.29 is 0 Å². The van der Waals surface area contributed by atoms with E-state index in [4.69, 9.17) is 5.26 Å². The minimum absolute atomic E-state index is 0.476. The van der Waals surface area contributed by atoms with Crippen molar-refractivity contribution in [2.24, 2.45) is 0 Å². The Labute approximate surface area is 58.4 Å². The van der Waals surface area contributed by atoms with Crippen LogP contribution in [0.5, 0.6) is 0 Å². The quantitative estimate of drug-likeness (QED) is 0.559. The monoisotopic (exact) mass is 221 g/mol. The predicted molar refractivity (Wildman–Crippen MR) is 31.5 cm³/mol. The maximum atomic E-state index is 8.10. The minimum atomic E-state index is 0.476. The standard InChI is InChI=1S/C2IN5/c3-2-5-7-8(1-4)6-2. The molecule has 0 amide bonds. The molecule has 1 rings (SSSR count). The van der Waals surface area contributed by atoms with Crippen LogP contribution in [-0.2, 0) is 0 Å². The molecular formula is C2IN5.